The van der Waals surface area contributed by atoms with E-state index >= 15 is 0 Å². The molecule has 0 amide bonds. The van der Waals surface area contributed by atoms with Gasteiger partial charge in [-0.05, 0) is 172 Å². The number of nitrogens with zero attached hydrogens (tertiary/aromatic N) is 4. The number of rotatable bonds is 11. The molecule has 52 heavy (non-hydrogen) atoms. The molecule has 6 rings (SSSR count). The molecule has 3 aromatic carbocycles. The quantitative estimate of drug-likeness (QED) is 0.134. The monoisotopic (exact) mass is 758 g/mol. The first-order chi connectivity index (χ1) is 23.7. The summed E-state index contributed by atoms with van der Waals surface area (Å²) >= 11 is 0. The summed E-state index contributed by atoms with van der Waals surface area (Å²) in [6.07, 6.45) is 9.79. The number of hydrogen-bond acceptors (Lipinski definition) is 4. The summed E-state index contributed by atoms with van der Waals surface area (Å²) in [5.74, 6) is 0. The van der Waals surface area contributed by atoms with Crippen LogP contribution in [0, 0.1) is 41.5 Å². The van der Waals surface area contributed by atoms with E-state index in [0.29, 0.717) is 6.04 Å². The molecule has 0 bridgehead atoms. The third-order valence-electron chi connectivity index (χ3n) is 11.0. The SMILES string of the molecule is CCCCc1ccc(N(Cc2cccnc2-c2cc(C)c(C)c(C)c2)C2CCN(Cc3ccnc(-c4cc(C)c(C)c(C)c4)c3)CC2)cc1.Cl.Cl.Cl. The van der Waals surface area contributed by atoms with Gasteiger partial charge in [-0.15, -0.1) is 37.2 Å². The number of benzene rings is 3. The zero-order valence-corrected chi connectivity index (χ0v) is 34.5. The van der Waals surface area contributed by atoms with Crippen molar-refractivity contribution in [1.29, 1.82) is 0 Å². The van der Waals surface area contributed by atoms with Gasteiger partial charge < -0.3 is 4.90 Å². The Bertz CT molecular complexity index is 1850. The minimum Gasteiger partial charge on any atom is -0.364 e. The Balaban J connectivity index is 0.00000243. The minimum absolute atomic E-state index is 0. The third kappa shape index (κ3) is 10.2. The predicted molar refractivity (Wildman–Crippen MR) is 229 cm³/mol. The maximum Gasteiger partial charge on any atom is 0.0752 e. The fourth-order valence-corrected chi connectivity index (χ4v) is 7.41. The van der Waals surface area contributed by atoms with Gasteiger partial charge in [0.25, 0.3) is 0 Å². The van der Waals surface area contributed by atoms with E-state index in [0.717, 1.165) is 56.8 Å². The van der Waals surface area contributed by atoms with E-state index in [4.69, 9.17) is 9.97 Å². The Morgan fingerprint density at radius 2 is 1.27 bits per heavy atom. The van der Waals surface area contributed by atoms with Crippen LogP contribution < -0.4 is 4.90 Å². The Labute approximate surface area is 331 Å². The lowest BCUT2D eigenvalue weighted by Crippen LogP contribution is -2.44. The number of likely N-dealkylation sites (tertiary alicyclic amines) is 1. The fourth-order valence-electron chi connectivity index (χ4n) is 7.41. The number of aryl methyl sites for hydroxylation is 5. The second-order valence-corrected chi connectivity index (χ2v) is 14.4. The summed E-state index contributed by atoms with van der Waals surface area (Å²) in [4.78, 5) is 15.0. The van der Waals surface area contributed by atoms with Crippen LogP contribution in [0.15, 0.2) is 85.2 Å². The Kier molecular flexibility index (Phi) is 16.2. The predicted octanol–water partition coefficient (Wildman–Crippen LogP) is 11.9. The van der Waals surface area contributed by atoms with Gasteiger partial charge in [-0.25, -0.2) is 0 Å². The number of halogens is 3. The molecule has 1 aliphatic rings. The highest BCUT2D eigenvalue weighted by molar-refractivity contribution is 5.86. The van der Waals surface area contributed by atoms with E-state index in [-0.39, 0.29) is 37.2 Å². The highest BCUT2D eigenvalue weighted by Crippen LogP contribution is 2.32. The van der Waals surface area contributed by atoms with Crippen LogP contribution in [0.4, 0.5) is 5.69 Å². The molecular weight excluding hydrogens is 703 g/mol. The molecule has 4 nitrogen and oxygen atoms in total. The van der Waals surface area contributed by atoms with Crippen LogP contribution in [0.5, 0.6) is 0 Å². The van der Waals surface area contributed by atoms with Crippen molar-refractivity contribution in [2.75, 3.05) is 18.0 Å². The molecule has 0 aliphatic carbocycles. The Hall–Kier alpha value is -3.41. The topological polar surface area (TPSA) is 32.3 Å². The first-order valence-electron chi connectivity index (χ1n) is 18.3. The van der Waals surface area contributed by atoms with Crippen molar-refractivity contribution in [1.82, 2.24) is 14.9 Å². The zero-order valence-electron chi connectivity index (χ0n) is 32.0. The molecule has 0 unspecified atom stereocenters. The summed E-state index contributed by atoms with van der Waals surface area (Å²) in [6, 6.07) is 27.9. The first kappa shape index (κ1) is 43.0. The van der Waals surface area contributed by atoms with Crippen molar-refractivity contribution in [3.8, 4) is 22.5 Å². The number of piperidine rings is 1. The van der Waals surface area contributed by atoms with Crippen molar-refractivity contribution >= 4 is 42.9 Å². The van der Waals surface area contributed by atoms with Crippen molar-refractivity contribution in [2.24, 2.45) is 0 Å². The summed E-state index contributed by atoms with van der Waals surface area (Å²) in [5.41, 5.74) is 18.0. The highest BCUT2D eigenvalue weighted by atomic mass is 35.5. The van der Waals surface area contributed by atoms with Gasteiger partial charge in [0.1, 0.15) is 0 Å². The number of aromatic nitrogens is 2. The zero-order chi connectivity index (χ0) is 34.5. The van der Waals surface area contributed by atoms with E-state index in [2.05, 4.69) is 131 Å². The van der Waals surface area contributed by atoms with Crippen LogP contribution in [0.3, 0.4) is 0 Å². The second kappa shape index (κ2) is 19.6. The standard InChI is InChI=1S/C45H54N4.3ClH/c1-8-9-11-37-13-15-42(16-14-37)49(30-39-12-10-20-47-45(39)41-26-33(4)36(7)34(5)27-41)43-18-22-48(23-19-43)29-38-17-21-46-44(28-38)40-24-31(2)35(6)32(3)25-40;;;/h10,12-17,20-21,24-28,43H,8-9,11,18-19,22-23,29-30H2,1-7H3;3*1H. The summed E-state index contributed by atoms with van der Waals surface area (Å²) in [7, 11) is 0. The lowest BCUT2D eigenvalue weighted by Gasteiger charge is -2.40. The normalized spacial score (nSPS) is 13.1. The average Bonchev–Trinajstić information content (AvgIpc) is 3.11. The molecule has 0 radical (unpaired) electrons. The molecule has 7 heteroatoms. The number of unbranched alkanes of at least 4 members (excludes halogenated alkanes) is 1. The molecule has 5 aromatic rings. The third-order valence-corrected chi connectivity index (χ3v) is 11.0. The first-order valence-corrected chi connectivity index (χ1v) is 18.3. The molecule has 0 atom stereocenters. The van der Waals surface area contributed by atoms with Gasteiger partial charge in [0.05, 0.1) is 11.4 Å². The molecule has 1 aliphatic heterocycles. The highest BCUT2D eigenvalue weighted by Gasteiger charge is 2.26. The van der Waals surface area contributed by atoms with Gasteiger partial charge >= 0.3 is 0 Å². The summed E-state index contributed by atoms with van der Waals surface area (Å²) < 4.78 is 0. The van der Waals surface area contributed by atoms with Crippen LogP contribution in [0.2, 0.25) is 0 Å². The molecule has 2 aromatic heterocycles. The van der Waals surface area contributed by atoms with Crippen molar-refractivity contribution in [2.45, 2.75) is 99.7 Å². The van der Waals surface area contributed by atoms with Gasteiger partial charge in [-0.1, -0.05) is 31.5 Å². The molecule has 0 saturated carbocycles. The Morgan fingerprint density at radius 3 is 1.87 bits per heavy atom. The number of anilines is 1. The van der Waals surface area contributed by atoms with Crippen LogP contribution in [0.25, 0.3) is 22.5 Å². The minimum atomic E-state index is 0. The molecular formula is C45H57Cl3N4. The second-order valence-electron chi connectivity index (χ2n) is 14.4. The average molecular weight is 760 g/mol. The lowest BCUT2D eigenvalue weighted by molar-refractivity contribution is 0.201. The van der Waals surface area contributed by atoms with E-state index in [1.807, 2.05) is 12.4 Å². The summed E-state index contributed by atoms with van der Waals surface area (Å²) in [6.45, 7) is 19.5. The van der Waals surface area contributed by atoms with Gasteiger partial charge in [0, 0.05) is 61.4 Å². The molecule has 1 fully saturated rings. The van der Waals surface area contributed by atoms with E-state index in [9.17, 15) is 0 Å². The van der Waals surface area contributed by atoms with E-state index in [1.165, 1.54) is 79.7 Å². The molecule has 3 heterocycles. The Morgan fingerprint density at radius 1 is 0.673 bits per heavy atom. The summed E-state index contributed by atoms with van der Waals surface area (Å²) in [5, 5.41) is 0. The van der Waals surface area contributed by atoms with Crippen LogP contribution in [-0.4, -0.2) is 34.0 Å². The van der Waals surface area contributed by atoms with Crippen molar-refractivity contribution in [3.63, 3.8) is 0 Å². The van der Waals surface area contributed by atoms with E-state index in [1.54, 1.807) is 0 Å². The van der Waals surface area contributed by atoms with Gasteiger partial charge in [0.15, 0.2) is 0 Å². The maximum absolute atomic E-state index is 4.96. The molecule has 0 spiro atoms. The largest absolute Gasteiger partial charge is 0.364 e. The van der Waals surface area contributed by atoms with Gasteiger partial charge in [-0.2, -0.15) is 0 Å². The lowest BCUT2D eigenvalue weighted by atomic mass is 9.95. The molecule has 1 saturated heterocycles. The van der Waals surface area contributed by atoms with Crippen LogP contribution >= 0.6 is 37.2 Å². The maximum atomic E-state index is 4.96. The fraction of sp³-hybridized carbons (Fsp3) is 0.378. The van der Waals surface area contributed by atoms with Gasteiger partial charge in [0.2, 0.25) is 0 Å². The number of pyridine rings is 2. The molecule has 0 N–H and O–H groups in total. The van der Waals surface area contributed by atoms with Crippen LogP contribution in [0.1, 0.15) is 82.7 Å². The van der Waals surface area contributed by atoms with Gasteiger partial charge in [-0.3, -0.25) is 14.9 Å². The van der Waals surface area contributed by atoms with Crippen LogP contribution in [-0.2, 0) is 19.5 Å². The molecule has 278 valence electrons. The number of hydrogen-bond donors (Lipinski definition) is 0. The van der Waals surface area contributed by atoms with Crippen molar-refractivity contribution in [3.05, 3.63) is 135 Å². The smallest absolute Gasteiger partial charge is 0.0752 e. The van der Waals surface area contributed by atoms with Crippen molar-refractivity contribution < 1.29 is 0 Å². The van der Waals surface area contributed by atoms with E-state index < -0.39 is 0 Å².